The second-order valence-corrected chi connectivity index (χ2v) is 8.71. The van der Waals surface area contributed by atoms with Crippen LogP contribution in [0.5, 0.6) is 0 Å². The minimum atomic E-state index is -0.249. The Balaban J connectivity index is 1.29. The van der Waals surface area contributed by atoms with E-state index in [2.05, 4.69) is 63.2 Å². The number of nitrogens with one attached hydrogen (secondary N) is 3. The normalized spacial score (nSPS) is 16.6. The number of hydrogen-bond donors (Lipinski definition) is 3. The number of aromatic nitrogens is 2. The van der Waals surface area contributed by atoms with Crippen molar-refractivity contribution < 1.29 is 4.79 Å². The van der Waals surface area contributed by atoms with Crippen LogP contribution in [0.4, 0.5) is 5.69 Å². The number of benzene rings is 2. The minimum absolute atomic E-state index is 0.0324. The minimum Gasteiger partial charge on any atom is -0.325 e. The van der Waals surface area contributed by atoms with Crippen molar-refractivity contribution in [3.8, 4) is 0 Å². The first kappa shape index (κ1) is 21.3. The zero-order chi connectivity index (χ0) is 22.0. The predicted octanol–water partition coefficient (Wildman–Crippen LogP) is 3.12. The molecule has 2 aromatic carbocycles. The van der Waals surface area contributed by atoms with Gasteiger partial charge in [0.05, 0.1) is 17.1 Å². The Morgan fingerprint density at radius 3 is 2.32 bits per heavy atom. The van der Waals surface area contributed by atoms with Gasteiger partial charge in [-0.1, -0.05) is 38.1 Å². The highest BCUT2D eigenvalue weighted by Crippen LogP contribution is 2.18. The lowest BCUT2D eigenvalue weighted by Crippen LogP contribution is -2.52. The molecule has 0 radical (unpaired) electrons. The lowest BCUT2D eigenvalue weighted by Gasteiger charge is -2.37. The predicted molar refractivity (Wildman–Crippen MR) is 124 cm³/mol. The highest BCUT2D eigenvalue weighted by Gasteiger charge is 2.25. The van der Waals surface area contributed by atoms with Crippen molar-refractivity contribution in [1.82, 2.24) is 19.8 Å². The number of carbonyl (C=O) groups excluding carboxylic acids is 1. The standard InChI is InChI=1S/C24H31N5O2/c1-16(2)19-6-4-18(5-7-19)15-28-10-12-29(13-11-28)17(3)23(30)25-20-8-9-21-22(14-20)27-24(31)26-21/h4-9,14,16-17H,10-13,15H2,1-3H3,(H,25,30)(H2,26,27,31). The van der Waals surface area contributed by atoms with Gasteiger partial charge < -0.3 is 15.3 Å². The molecule has 0 spiro atoms. The molecular weight excluding hydrogens is 390 g/mol. The Labute approximate surface area is 182 Å². The van der Waals surface area contributed by atoms with E-state index in [1.54, 1.807) is 18.2 Å². The van der Waals surface area contributed by atoms with E-state index in [1.807, 2.05) is 6.92 Å². The molecule has 0 bridgehead atoms. The Morgan fingerprint density at radius 1 is 0.968 bits per heavy atom. The number of aromatic amines is 2. The van der Waals surface area contributed by atoms with Crippen molar-refractivity contribution in [1.29, 1.82) is 0 Å². The van der Waals surface area contributed by atoms with Gasteiger partial charge in [-0.15, -0.1) is 0 Å². The van der Waals surface area contributed by atoms with E-state index in [4.69, 9.17) is 0 Å². The van der Waals surface area contributed by atoms with Gasteiger partial charge in [-0.2, -0.15) is 0 Å². The lowest BCUT2D eigenvalue weighted by atomic mass is 10.0. The fourth-order valence-corrected chi connectivity index (χ4v) is 4.10. The first-order chi connectivity index (χ1) is 14.9. The molecule has 7 heteroatoms. The first-order valence-corrected chi connectivity index (χ1v) is 11.0. The van der Waals surface area contributed by atoms with Crippen LogP contribution < -0.4 is 11.0 Å². The maximum atomic E-state index is 12.8. The van der Waals surface area contributed by atoms with Gasteiger partial charge in [0, 0.05) is 38.4 Å². The number of imidazole rings is 1. The fourth-order valence-electron chi connectivity index (χ4n) is 4.10. The van der Waals surface area contributed by atoms with Crippen molar-refractivity contribution in [3.05, 3.63) is 64.1 Å². The van der Waals surface area contributed by atoms with E-state index in [-0.39, 0.29) is 17.6 Å². The summed E-state index contributed by atoms with van der Waals surface area (Å²) in [5.74, 6) is 0.521. The molecular formula is C24H31N5O2. The van der Waals surface area contributed by atoms with Gasteiger partial charge >= 0.3 is 5.69 Å². The molecule has 1 aliphatic heterocycles. The van der Waals surface area contributed by atoms with Gasteiger partial charge in [0.15, 0.2) is 0 Å². The van der Waals surface area contributed by atoms with Gasteiger partial charge in [0.25, 0.3) is 0 Å². The van der Waals surface area contributed by atoms with Crippen molar-refractivity contribution in [2.45, 2.75) is 39.3 Å². The van der Waals surface area contributed by atoms with Crippen LogP contribution in [-0.2, 0) is 11.3 Å². The maximum Gasteiger partial charge on any atom is 0.323 e. The average molecular weight is 422 g/mol. The molecule has 3 N–H and O–H groups in total. The molecule has 1 saturated heterocycles. The zero-order valence-electron chi connectivity index (χ0n) is 18.4. The molecule has 7 nitrogen and oxygen atoms in total. The smallest absolute Gasteiger partial charge is 0.323 e. The van der Waals surface area contributed by atoms with E-state index in [0.29, 0.717) is 17.1 Å². The number of fused-ring (bicyclic) bond motifs is 1. The molecule has 0 aliphatic carbocycles. The topological polar surface area (TPSA) is 84.2 Å². The highest BCUT2D eigenvalue weighted by atomic mass is 16.2. The van der Waals surface area contributed by atoms with Gasteiger partial charge in [0.1, 0.15) is 0 Å². The molecule has 1 aromatic heterocycles. The number of piperazine rings is 1. The molecule has 1 fully saturated rings. The summed E-state index contributed by atoms with van der Waals surface area (Å²) in [5, 5.41) is 2.98. The van der Waals surface area contributed by atoms with Crippen molar-refractivity contribution >= 4 is 22.6 Å². The van der Waals surface area contributed by atoms with Gasteiger partial charge in [-0.05, 0) is 42.2 Å². The number of rotatable bonds is 6. The molecule has 3 aromatic rings. The second kappa shape index (κ2) is 9.08. The maximum absolute atomic E-state index is 12.8. The summed E-state index contributed by atoms with van der Waals surface area (Å²) in [6.07, 6.45) is 0. The summed E-state index contributed by atoms with van der Waals surface area (Å²) in [4.78, 5) is 34.3. The number of nitrogens with zero attached hydrogens (tertiary/aromatic N) is 2. The van der Waals surface area contributed by atoms with E-state index >= 15 is 0 Å². The molecule has 1 unspecified atom stereocenters. The average Bonchev–Trinajstić information content (AvgIpc) is 3.13. The summed E-state index contributed by atoms with van der Waals surface area (Å²) in [7, 11) is 0. The third-order valence-corrected chi connectivity index (χ3v) is 6.17. The summed E-state index contributed by atoms with van der Waals surface area (Å²) in [5.41, 5.74) is 4.55. The van der Waals surface area contributed by atoms with E-state index in [0.717, 1.165) is 38.2 Å². The molecule has 1 amide bonds. The van der Waals surface area contributed by atoms with Crippen LogP contribution in [0.1, 0.15) is 37.8 Å². The SMILES string of the molecule is CC(C)c1ccc(CN2CCN(C(C)C(=O)Nc3ccc4[nH]c(=O)[nH]c4c3)CC2)cc1. The summed E-state index contributed by atoms with van der Waals surface area (Å²) in [6.45, 7) is 10.9. The van der Waals surface area contributed by atoms with Gasteiger partial charge in [-0.25, -0.2) is 4.79 Å². The van der Waals surface area contributed by atoms with Crippen LogP contribution in [-0.4, -0.2) is 57.9 Å². The molecule has 0 saturated carbocycles. The number of anilines is 1. The molecule has 1 atom stereocenters. The van der Waals surface area contributed by atoms with Crippen LogP contribution in [0.2, 0.25) is 0 Å². The van der Waals surface area contributed by atoms with Gasteiger partial charge in [0.2, 0.25) is 5.91 Å². The van der Waals surface area contributed by atoms with Crippen LogP contribution in [0.25, 0.3) is 11.0 Å². The van der Waals surface area contributed by atoms with Crippen LogP contribution in [0, 0.1) is 0 Å². The number of amides is 1. The molecule has 4 rings (SSSR count). The largest absolute Gasteiger partial charge is 0.325 e. The fraction of sp³-hybridized carbons (Fsp3) is 0.417. The third kappa shape index (κ3) is 5.06. The van der Waals surface area contributed by atoms with E-state index in [1.165, 1.54) is 11.1 Å². The monoisotopic (exact) mass is 421 g/mol. The second-order valence-electron chi connectivity index (χ2n) is 8.71. The molecule has 1 aliphatic rings. The highest BCUT2D eigenvalue weighted by molar-refractivity contribution is 5.96. The molecule has 2 heterocycles. The Kier molecular flexibility index (Phi) is 6.25. The van der Waals surface area contributed by atoms with Crippen molar-refractivity contribution in [2.24, 2.45) is 0 Å². The first-order valence-electron chi connectivity index (χ1n) is 11.0. The number of H-pyrrole nitrogens is 2. The Hall–Kier alpha value is -2.90. The Bertz CT molecular complexity index is 1090. The summed E-state index contributed by atoms with van der Waals surface area (Å²) in [6, 6.07) is 14.1. The Morgan fingerprint density at radius 2 is 1.65 bits per heavy atom. The van der Waals surface area contributed by atoms with Gasteiger partial charge in [-0.3, -0.25) is 14.6 Å². The van der Waals surface area contributed by atoms with Crippen molar-refractivity contribution in [2.75, 3.05) is 31.5 Å². The quantitative estimate of drug-likeness (QED) is 0.571. The lowest BCUT2D eigenvalue weighted by molar-refractivity contribution is -0.121. The summed E-state index contributed by atoms with van der Waals surface area (Å²) >= 11 is 0. The van der Waals surface area contributed by atoms with Crippen molar-refractivity contribution in [3.63, 3.8) is 0 Å². The van der Waals surface area contributed by atoms with Crippen LogP contribution in [0.15, 0.2) is 47.3 Å². The summed E-state index contributed by atoms with van der Waals surface area (Å²) < 4.78 is 0. The van der Waals surface area contributed by atoms with Crippen LogP contribution in [0.3, 0.4) is 0 Å². The van der Waals surface area contributed by atoms with E-state index in [9.17, 15) is 9.59 Å². The number of hydrogen-bond acceptors (Lipinski definition) is 4. The third-order valence-electron chi connectivity index (χ3n) is 6.17. The zero-order valence-corrected chi connectivity index (χ0v) is 18.4. The number of carbonyl (C=O) groups is 1. The molecule has 31 heavy (non-hydrogen) atoms. The molecule has 164 valence electrons. The van der Waals surface area contributed by atoms with E-state index < -0.39 is 0 Å². The van der Waals surface area contributed by atoms with Crippen LogP contribution >= 0.6 is 0 Å².